The highest BCUT2D eigenvalue weighted by molar-refractivity contribution is 7.80. The van der Waals surface area contributed by atoms with E-state index in [1.807, 2.05) is 0 Å². The third kappa shape index (κ3) is 5.04. The van der Waals surface area contributed by atoms with Gasteiger partial charge in [0.05, 0.1) is 11.6 Å². The van der Waals surface area contributed by atoms with Gasteiger partial charge in [0.1, 0.15) is 12.4 Å². The fourth-order valence-electron chi connectivity index (χ4n) is 2.05. The zero-order valence-electron chi connectivity index (χ0n) is 13.3. The number of thiocarbonyl (C=S) groups is 1. The quantitative estimate of drug-likeness (QED) is 0.749. The predicted molar refractivity (Wildman–Crippen MR) is 97.6 cm³/mol. The molecule has 0 aliphatic carbocycles. The van der Waals surface area contributed by atoms with Gasteiger partial charge in [-0.1, -0.05) is 29.8 Å². The summed E-state index contributed by atoms with van der Waals surface area (Å²) < 4.78 is 24.8. The van der Waals surface area contributed by atoms with Crippen molar-refractivity contribution in [2.24, 2.45) is 5.73 Å². The molecule has 0 saturated heterocycles. The summed E-state index contributed by atoms with van der Waals surface area (Å²) in [5, 5.41) is 2.30. The molecule has 25 heavy (non-hydrogen) atoms. The van der Waals surface area contributed by atoms with Crippen LogP contribution in [0.1, 0.15) is 22.8 Å². The number of halogens is 2. The fourth-order valence-corrected chi connectivity index (χ4v) is 2.41. The van der Waals surface area contributed by atoms with Crippen molar-refractivity contribution >= 4 is 34.8 Å². The lowest BCUT2D eigenvalue weighted by Gasteiger charge is -2.15. The number of nitrogens with one attached hydrogen (secondary N) is 1. The van der Waals surface area contributed by atoms with Crippen molar-refractivity contribution in [3.63, 3.8) is 0 Å². The molecule has 5 nitrogen and oxygen atoms in total. The number of carbonyl (C=O) groups is 1. The van der Waals surface area contributed by atoms with Gasteiger partial charge >= 0.3 is 0 Å². The Morgan fingerprint density at radius 2 is 2.04 bits per heavy atom. The van der Waals surface area contributed by atoms with E-state index in [2.05, 4.69) is 17.5 Å². The maximum Gasteiger partial charge on any atom is 0.257 e. The van der Waals surface area contributed by atoms with Crippen LogP contribution in [0, 0.1) is 5.82 Å². The highest BCUT2D eigenvalue weighted by Gasteiger charge is 2.17. The Labute approximate surface area is 154 Å². The molecule has 132 valence electrons. The van der Waals surface area contributed by atoms with E-state index in [0.29, 0.717) is 12.2 Å². The van der Waals surface area contributed by atoms with Crippen molar-refractivity contribution in [1.29, 1.82) is 0 Å². The van der Waals surface area contributed by atoms with Gasteiger partial charge in [-0.2, -0.15) is 0 Å². The van der Waals surface area contributed by atoms with Gasteiger partial charge in [0, 0.05) is 11.1 Å². The monoisotopic (exact) mass is 382 g/mol. The van der Waals surface area contributed by atoms with Gasteiger partial charge in [-0.3, -0.25) is 10.1 Å². The zero-order chi connectivity index (χ0) is 18.4. The van der Waals surface area contributed by atoms with E-state index >= 15 is 0 Å². The molecular weight excluding hydrogens is 367 g/mol. The number of rotatable bonds is 6. The van der Waals surface area contributed by atoms with Crippen molar-refractivity contribution in [3.8, 4) is 11.5 Å². The average molecular weight is 383 g/mol. The Kier molecular flexibility index (Phi) is 6.55. The maximum atomic E-state index is 13.7. The highest BCUT2D eigenvalue weighted by atomic mass is 35.5. The molecule has 0 radical (unpaired) electrons. The molecule has 8 heteroatoms. The third-order valence-electron chi connectivity index (χ3n) is 3.14. The lowest BCUT2D eigenvalue weighted by Crippen LogP contribution is -2.34. The number of ether oxygens (including phenoxy) is 2. The number of nitrogens with two attached hydrogens (primary N) is 1. The number of hydrogen-bond donors (Lipinski definition) is 2. The molecule has 0 aliphatic rings. The van der Waals surface area contributed by atoms with Crippen LogP contribution in [-0.2, 0) is 6.61 Å². The Hall–Kier alpha value is -2.38. The van der Waals surface area contributed by atoms with Crippen LogP contribution in [0.4, 0.5) is 4.39 Å². The second kappa shape index (κ2) is 8.64. The summed E-state index contributed by atoms with van der Waals surface area (Å²) in [5.41, 5.74) is 5.88. The molecule has 0 saturated carbocycles. The SMILES string of the molecule is CCOc1cc(C(=O)NC(N)=S)cc(Cl)c1OCc1ccccc1F. The molecule has 0 aliphatic heterocycles. The molecule has 3 N–H and O–H groups in total. The molecule has 0 aromatic heterocycles. The number of amides is 1. The van der Waals surface area contributed by atoms with Crippen molar-refractivity contribution < 1.29 is 18.7 Å². The summed E-state index contributed by atoms with van der Waals surface area (Å²) in [5.74, 6) is -0.418. The first kappa shape index (κ1) is 19.0. The molecular formula is C17H16ClFN2O3S. The van der Waals surface area contributed by atoms with Crippen LogP contribution in [0.2, 0.25) is 5.02 Å². The second-order valence-corrected chi connectivity index (χ2v) is 5.76. The average Bonchev–Trinajstić information content (AvgIpc) is 2.55. The van der Waals surface area contributed by atoms with Gasteiger partial charge in [0.25, 0.3) is 5.91 Å². The van der Waals surface area contributed by atoms with Crippen molar-refractivity contribution in [2.75, 3.05) is 6.61 Å². The van der Waals surface area contributed by atoms with E-state index in [4.69, 9.17) is 26.8 Å². The van der Waals surface area contributed by atoms with Gasteiger partial charge < -0.3 is 15.2 Å². The van der Waals surface area contributed by atoms with E-state index in [0.717, 1.165) is 0 Å². The Morgan fingerprint density at radius 3 is 2.68 bits per heavy atom. The van der Waals surface area contributed by atoms with Crippen LogP contribution >= 0.6 is 23.8 Å². The van der Waals surface area contributed by atoms with Gasteiger partial charge in [-0.15, -0.1) is 0 Å². The Morgan fingerprint density at radius 1 is 1.32 bits per heavy atom. The molecule has 2 aromatic rings. The number of hydrogen-bond acceptors (Lipinski definition) is 4. The molecule has 0 fully saturated rings. The summed E-state index contributed by atoms with van der Waals surface area (Å²) in [6.07, 6.45) is 0. The number of carbonyl (C=O) groups excluding carboxylic acids is 1. The van der Waals surface area contributed by atoms with Crippen molar-refractivity contribution in [3.05, 3.63) is 58.4 Å². The third-order valence-corrected chi connectivity index (χ3v) is 3.52. The molecule has 0 heterocycles. The predicted octanol–water partition coefficient (Wildman–Crippen LogP) is 3.43. The first-order valence-electron chi connectivity index (χ1n) is 7.35. The summed E-state index contributed by atoms with van der Waals surface area (Å²) in [7, 11) is 0. The van der Waals surface area contributed by atoms with Gasteiger partial charge in [-0.25, -0.2) is 4.39 Å². The molecule has 0 unspecified atom stereocenters. The minimum atomic E-state index is -0.518. The smallest absolute Gasteiger partial charge is 0.257 e. The lowest BCUT2D eigenvalue weighted by atomic mass is 10.2. The zero-order valence-corrected chi connectivity index (χ0v) is 14.9. The molecule has 0 bridgehead atoms. The van der Waals surface area contributed by atoms with Crippen LogP contribution in [0.25, 0.3) is 0 Å². The van der Waals surface area contributed by atoms with Gasteiger partial charge in [0.2, 0.25) is 0 Å². The largest absolute Gasteiger partial charge is 0.490 e. The van der Waals surface area contributed by atoms with Crippen molar-refractivity contribution in [1.82, 2.24) is 5.32 Å². The van der Waals surface area contributed by atoms with E-state index in [1.165, 1.54) is 18.2 Å². The summed E-state index contributed by atoms with van der Waals surface area (Å²) in [4.78, 5) is 12.0. The van der Waals surface area contributed by atoms with Gasteiger partial charge in [-0.05, 0) is 37.3 Å². The van der Waals surface area contributed by atoms with E-state index in [9.17, 15) is 9.18 Å². The molecule has 2 aromatic carbocycles. The highest BCUT2D eigenvalue weighted by Crippen LogP contribution is 2.37. The Bertz CT molecular complexity index is 801. The second-order valence-electron chi connectivity index (χ2n) is 4.92. The molecule has 1 amide bonds. The normalized spacial score (nSPS) is 10.2. The lowest BCUT2D eigenvalue weighted by molar-refractivity contribution is 0.0977. The summed E-state index contributed by atoms with van der Waals surface area (Å²) >= 11 is 10.9. The van der Waals surface area contributed by atoms with Crippen LogP contribution in [0.5, 0.6) is 11.5 Å². The van der Waals surface area contributed by atoms with Gasteiger partial charge in [0.15, 0.2) is 16.6 Å². The topological polar surface area (TPSA) is 73.6 Å². The van der Waals surface area contributed by atoms with Crippen LogP contribution in [0.15, 0.2) is 36.4 Å². The minimum absolute atomic E-state index is 0.0368. The van der Waals surface area contributed by atoms with E-state index in [-0.39, 0.29) is 39.6 Å². The van der Waals surface area contributed by atoms with Crippen LogP contribution < -0.4 is 20.5 Å². The minimum Gasteiger partial charge on any atom is -0.490 e. The van der Waals surface area contributed by atoms with E-state index < -0.39 is 5.91 Å². The molecule has 2 rings (SSSR count). The summed E-state index contributed by atoms with van der Waals surface area (Å²) in [6.45, 7) is 2.06. The Balaban J connectivity index is 2.29. The van der Waals surface area contributed by atoms with Crippen LogP contribution in [0.3, 0.4) is 0 Å². The first-order chi connectivity index (χ1) is 11.9. The van der Waals surface area contributed by atoms with Crippen molar-refractivity contribution in [2.45, 2.75) is 13.5 Å². The standard InChI is InChI=1S/C17H16ClFN2O3S/c1-2-23-14-8-11(16(22)21-17(20)25)7-12(18)15(14)24-9-10-5-3-4-6-13(10)19/h3-8H,2,9H2,1H3,(H3,20,21,22,25). The molecule has 0 atom stereocenters. The first-order valence-corrected chi connectivity index (χ1v) is 8.14. The maximum absolute atomic E-state index is 13.7. The fraction of sp³-hybridized carbons (Fsp3) is 0.176. The summed E-state index contributed by atoms with van der Waals surface area (Å²) in [6, 6.07) is 9.09. The van der Waals surface area contributed by atoms with E-state index in [1.54, 1.807) is 25.1 Å². The van der Waals surface area contributed by atoms with Crippen LogP contribution in [-0.4, -0.2) is 17.6 Å². The molecule has 0 spiro atoms. The number of benzene rings is 2.